The van der Waals surface area contributed by atoms with Crippen molar-refractivity contribution < 1.29 is 9.21 Å². The Morgan fingerprint density at radius 3 is 3.14 bits per heavy atom. The maximum absolute atomic E-state index is 12.0. The number of piperidine rings is 1. The number of furan rings is 1. The van der Waals surface area contributed by atoms with Crippen LogP contribution in [0.2, 0.25) is 0 Å². The summed E-state index contributed by atoms with van der Waals surface area (Å²) in [6, 6.07) is 1.75. The van der Waals surface area contributed by atoms with Crippen LogP contribution in [0.25, 0.3) is 0 Å². The van der Waals surface area contributed by atoms with Crippen LogP contribution in [-0.4, -0.2) is 18.9 Å². The summed E-state index contributed by atoms with van der Waals surface area (Å²) in [5, 5.41) is 3.29. The molecule has 76 valence electrons. The monoisotopic (exact) mass is 193 g/mol. The summed E-state index contributed by atoms with van der Waals surface area (Å²) in [6.45, 7) is 4.00. The Kier molecular flexibility index (Phi) is 2.68. The summed E-state index contributed by atoms with van der Waals surface area (Å²) in [6.07, 6.45) is 4.03. The molecule has 1 aromatic rings. The zero-order chi connectivity index (χ0) is 9.97. The van der Waals surface area contributed by atoms with Crippen LogP contribution in [0.5, 0.6) is 0 Å². The first kappa shape index (κ1) is 9.46. The van der Waals surface area contributed by atoms with Crippen molar-refractivity contribution in [1.82, 2.24) is 5.32 Å². The Labute approximate surface area is 83.5 Å². The third kappa shape index (κ3) is 1.73. The number of hydrogen-bond donors (Lipinski definition) is 1. The van der Waals surface area contributed by atoms with Crippen LogP contribution in [0.4, 0.5) is 0 Å². The van der Waals surface area contributed by atoms with E-state index in [1.807, 2.05) is 0 Å². The molecule has 2 atom stereocenters. The van der Waals surface area contributed by atoms with Gasteiger partial charge in [0.15, 0.2) is 5.78 Å². The lowest BCUT2D eigenvalue weighted by Gasteiger charge is -2.27. The molecule has 3 heteroatoms. The van der Waals surface area contributed by atoms with E-state index in [0.717, 1.165) is 19.5 Å². The van der Waals surface area contributed by atoms with Crippen LogP contribution >= 0.6 is 0 Å². The van der Waals surface area contributed by atoms with E-state index in [9.17, 15) is 4.79 Å². The molecule has 0 saturated carbocycles. The highest BCUT2D eigenvalue weighted by atomic mass is 16.3. The number of rotatable bonds is 2. The Morgan fingerprint density at radius 2 is 2.50 bits per heavy atom. The normalized spacial score (nSPS) is 27.5. The van der Waals surface area contributed by atoms with Gasteiger partial charge in [-0.05, 0) is 31.5 Å². The molecular formula is C11H15NO2. The molecule has 14 heavy (non-hydrogen) atoms. The summed E-state index contributed by atoms with van der Waals surface area (Å²) in [7, 11) is 0. The molecule has 1 fully saturated rings. The van der Waals surface area contributed by atoms with E-state index in [0.29, 0.717) is 11.5 Å². The van der Waals surface area contributed by atoms with E-state index in [4.69, 9.17) is 4.42 Å². The van der Waals surface area contributed by atoms with Gasteiger partial charge in [0.1, 0.15) is 6.26 Å². The third-order valence-electron chi connectivity index (χ3n) is 2.93. The minimum Gasteiger partial charge on any atom is -0.472 e. The average molecular weight is 193 g/mol. The molecule has 1 aliphatic rings. The maximum Gasteiger partial charge on any atom is 0.169 e. The molecule has 0 bridgehead atoms. The largest absolute Gasteiger partial charge is 0.472 e. The highest BCUT2D eigenvalue weighted by Crippen LogP contribution is 2.23. The molecule has 1 aliphatic heterocycles. The van der Waals surface area contributed by atoms with Crippen molar-refractivity contribution in [2.75, 3.05) is 13.1 Å². The zero-order valence-electron chi connectivity index (χ0n) is 8.32. The molecule has 2 heterocycles. The first-order chi connectivity index (χ1) is 6.79. The SMILES string of the molecule is CC1CNCCC1C(=O)c1ccoc1. The second-order valence-electron chi connectivity index (χ2n) is 3.95. The highest BCUT2D eigenvalue weighted by molar-refractivity contribution is 5.97. The fraction of sp³-hybridized carbons (Fsp3) is 0.545. The Bertz CT molecular complexity index is 305. The quantitative estimate of drug-likeness (QED) is 0.727. The first-order valence-electron chi connectivity index (χ1n) is 5.06. The number of nitrogens with one attached hydrogen (secondary N) is 1. The molecule has 1 N–H and O–H groups in total. The lowest BCUT2D eigenvalue weighted by atomic mass is 9.83. The molecule has 2 unspecified atom stereocenters. The van der Waals surface area contributed by atoms with E-state index in [2.05, 4.69) is 12.2 Å². The van der Waals surface area contributed by atoms with Gasteiger partial charge in [-0.15, -0.1) is 0 Å². The smallest absolute Gasteiger partial charge is 0.169 e. The molecule has 0 spiro atoms. The highest BCUT2D eigenvalue weighted by Gasteiger charge is 2.28. The van der Waals surface area contributed by atoms with Crippen molar-refractivity contribution in [3.05, 3.63) is 24.2 Å². The van der Waals surface area contributed by atoms with Crippen LogP contribution < -0.4 is 5.32 Å². The zero-order valence-corrected chi connectivity index (χ0v) is 8.32. The number of carbonyl (C=O) groups excluding carboxylic acids is 1. The van der Waals surface area contributed by atoms with Gasteiger partial charge in [0, 0.05) is 5.92 Å². The molecule has 0 radical (unpaired) electrons. The minimum absolute atomic E-state index is 0.161. The fourth-order valence-electron chi connectivity index (χ4n) is 2.02. The van der Waals surface area contributed by atoms with E-state index in [1.165, 1.54) is 6.26 Å². The van der Waals surface area contributed by atoms with E-state index >= 15 is 0 Å². The van der Waals surface area contributed by atoms with Gasteiger partial charge in [0.2, 0.25) is 0 Å². The van der Waals surface area contributed by atoms with Gasteiger partial charge >= 0.3 is 0 Å². The van der Waals surface area contributed by atoms with Gasteiger partial charge in [0.05, 0.1) is 11.8 Å². The number of hydrogen-bond acceptors (Lipinski definition) is 3. The lowest BCUT2D eigenvalue weighted by molar-refractivity contribution is 0.0848. The molecular weight excluding hydrogens is 178 g/mol. The van der Waals surface area contributed by atoms with Crippen molar-refractivity contribution in [2.45, 2.75) is 13.3 Å². The topological polar surface area (TPSA) is 42.2 Å². The molecule has 3 nitrogen and oxygen atoms in total. The predicted octanol–water partition coefficient (Wildman–Crippen LogP) is 1.71. The van der Waals surface area contributed by atoms with Crippen molar-refractivity contribution in [1.29, 1.82) is 0 Å². The van der Waals surface area contributed by atoms with E-state index in [-0.39, 0.29) is 11.7 Å². The number of Topliss-reactive ketones (excluding diaryl/α,β-unsaturated/α-hetero) is 1. The van der Waals surface area contributed by atoms with Crippen LogP contribution in [0.3, 0.4) is 0 Å². The van der Waals surface area contributed by atoms with Crippen molar-refractivity contribution in [2.24, 2.45) is 11.8 Å². The van der Waals surface area contributed by atoms with Gasteiger partial charge in [-0.1, -0.05) is 6.92 Å². The Hall–Kier alpha value is -1.09. The van der Waals surface area contributed by atoms with Crippen molar-refractivity contribution in [3.63, 3.8) is 0 Å². The van der Waals surface area contributed by atoms with Crippen LogP contribution in [-0.2, 0) is 0 Å². The summed E-state index contributed by atoms with van der Waals surface area (Å²) >= 11 is 0. The number of ketones is 1. The first-order valence-corrected chi connectivity index (χ1v) is 5.06. The van der Waals surface area contributed by atoms with Gasteiger partial charge < -0.3 is 9.73 Å². The van der Waals surface area contributed by atoms with Crippen molar-refractivity contribution >= 4 is 5.78 Å². The van der Waals surface area contributed by atoms with E-state index < -0.39 is 0 Å². The van der Waals surface area contributed by atoms with Gasteiger partial charge in [-0.2, -0.15) is 0 Å². The summed E-state index contributed by atoms with van der Waals surface area (Å²) in [5.74, 6) is 0.813. The second kappa shape index (κ2) is 3.96. The molecule has 0 aliphatic carbocycles. The second-order valence-corrected chi connectivity index (χ2v) is 3.95. The van der Waals surface area contributed by atoms with Gasteiger partial charge in [-0.25, -0.2) is 0 Å². The van der Waals surface area contributed by atoms with E-state index in [1.54, 1.807) is 12.3 Å². The molecule has 1 aromatic heterocycles. The molecule has 2 rings (SSSR count). The van der Waals surface area contributed by atoms with Crippen LogP contribution in [0.15, 0.2) is 23.0 Å². The summed E-state index contributed by atoms with van der Waals surface area (Å²) in [5.41, 5.74) is 0.712. The summed E-state index contributed by atoms with van der Waals surface area (Å²) < 4.78 is 4.93. The predicted molar refractivity (Wildman–Crippen MR) is 53.2 cm³/mol. The van der Waals surface area contributed by atoms with Gasteiger partial charge in [0.25, 0.3) is 0 Å². The molecule has 0 aromatic carbocycles. The maximum atomic E-state index is 12.0. The van der Waals surface area contributed by atoms with Crippen LogP contribution in [0.1, 0.15) is 23.7 Å². The third-order valence-corrected chi connectivity index (χ3v) is 2.93. The van der Waals surface area contributed by atoms with Crippen molar-refractivity contribution in [3.8, 4) is 0 Å². The number of carbonyl (C=O) groups is 1. The van der Waals surface area contributed by atoms with Gasteiger partial charge in [-0.3, -0.25) is 4.79 Å². The minimum atomic E-state index is 0.161. The fourth-order valence-corrected chi connectivity index (χ4v) is 2.02. The molecule has 1 saturated heterocycles. The van der Waals surface area contributed by atoms with Crippen LogP contribution in [0, 0.1) is 11.8 Å². The molecule has 0 amide bonds. The lowest BCUT2D eigenvalue weighted by Crippen LogP contribution is -2.38. The standard InChI is InChI=1S/C11H15NO2/c1-8-6-12-4-2-10(8)11(13)9-3-5-14-7-9/h3,5,7-8,10,12H,2,4,6H2,1H3. The summed E-state index contributed by atoms with van der Waals surface area (Å²) in [4.78, 5) is 12.0. The Balaban J connectivity index is 2.10. The average Bonchev–Trinajstić information content (AvgIpc) is 2.70. The Morgan fingerprint density at radius 1 is 1.64 bits per heavy atom.